The van der Waals surface area contributed by atoms with Crippen LogP contribution in [0.25, 0.3) is 0 Å². The largest absolute Gasteiger partial charge is 0.495 e. The lowest BCUT2D eigenvalue weighted by molar-refractivity contribution is -0.115. The van der Waals surface area contributed by atoms with Crippen molar-refractivity contribution in [1.82, 2.24) is 4.98 Å². The second-order valence-corrected chi connectivity index (χ2v) is 8.21. The third-order valence-electron chi connectivity index (χ3n) is 3.64. The van der Waals surface area contributed by atoms with E-state index in [1.807, 2.05) is 35.7 Å². The van der Waals surface area contributed by atoms with E-state index in [9.17, 15) is 4.79 Å². The zero-order chi connectivity index (χ0) is 19.4. The van der Waals surface area contributed by atoms with Gasteiger partial charge in [0.25, 0.3) is 0 Å². The van der Waals surface area contributed by atoms with Crippen LogP contribution in [-0.2, 0) is 10.5 Å². The summed E-state index contributed by atoms with van der Waals surface area (Å²) in [7, 11) is 1.58. The molecule has 3 aromatic rings. The predicted molar refractivity (Wildman–Crippen MR) is 114 cm³/mol. The van der Waals surface area contributed by atoms with Crippen LogP contribution in [0.4, 0.5) is 10.8 Å². The molecule has 0 unspecified atom stereocenters. The molecule has 1 heterocycles. The van der Waals surface area contributed by atoms with E-state index in [1.54, 1.807) is 35.9 Å². The molecule has 4 nitrogen and oxygen atoms in total. The summed E-state index contributed by atoms with van der Waals surface area (Å²) in [4.78, 5) is 19.4. The van der Waals surface area contributed by atoms with Gasteiger partial charge in [0.05, 0.1) is 23.5 Å². The van der Waals surface area contributed by atoms with Crippen LogP contribution in [0, 0.1) is 0 Å². The van der Waals surface area contributed by atoms with Gasteiger partial charge in [-0.3, -0.25) is 9.69 Å². The highest BCUT2D eigenvalue weighted by Gasteiger charge is 2.21. The lowest BCUT2D eigenvalue weighted by Gasteiger charge is -2.20. The molecule has 3 rings (SSSR count). The second kappa shape index (κ2) is 8.97. The smallest absolute Gasteiger partial charge is 0.230 e. The first-order chi connectivity index (χ1) is 13.0. The number of hydrogen-bond acceptors (Lipinski definition) is 5. The molecule has 0 aliphatic rings. The zero-order valence-corrected chi connectivity index (χ0v) is 17.8. The normalized spacial score (nSPS) is 10.7. The molecule has 2 aromatic carbocycles. The molecule has 1 aromatic heterocycles. The third-order valence-corrected chi connectivity index (χ3v) is 6.28. The SMILES string of the molecule is COc1ccccc1N(C(C)=O)c1nc(CSc2cc(Cl)ccc2Cl)cs1. The molecule has 8 heteroatoms. The highest BCUT2D eigenvalue weighted by atomic mass is 35.5. The molecular formula is C19H16Cl2N2O2S2. The van der Waals surface area contributed by atoms with Gasteiger partial charge in [-0.2, -0.15) is 0 Å². The number of thioether (sulfide) groups is 1. The Morgan fingerprint density at radius 1 is 1.26 bits per heavy atom. The number of benzene rings is 2. The fourth-order valence-electron chi connectivity index (χ4n) is 2.43. The molecule has 1 amide bonds. The molecule has 0 saturated heterocycles. The van der Waals surface area contributed by atoms with Crippen LogP contribution in [0.2, 0.25) is 10.0 Å². The van der Waals surface area contributed by atoms with Gasteiger partial charge in [0.1, 0.15) is 5.75 Å². The highest BCUT2D eigenvalue weighted by molar-refractivity contribution is 7.98. The Bertz CT molecular complexity index is 962. The summed E-state index contributed by atoms with van der Waals surface area (Å²) >= 11 is 15.2. The maximum absolute atomic E-state index is 12.3. The van der Waals surface area contributed by atoms with E-state index in [0.717, 1.165) is 10.6 Å². The Morgan fingerprint density at radius 2 is 2.04 bits per heavy atom. The van der Waals surface area contributed by atoms with Crippen LogP contribution in [0.1, 0.15) is 12.6 Å². The summed E-state index contributed by atoms with van der Waals surface area (Å²) in [5.74, 6) is 1.10. The van der Waals surface area contributed by atoms with Gasteiger partial charge in [0.2, 0.25) is 5.91 Å². The first kappa shape index (κ1) is 20.0. The number of hydrogen-bond donors (Lipinski definition) is 0. The van der Waals surface area contributed by atoms with Gasteiger partial charge in [-0.25, -0.2) is 4.98 Å². The Balaban J connectivity index is 1.82. The number of nitrogens with zero attached hydrogens (tertiary/aromatic N) is 2. The molecule has 0 radical (unpaired) electrons. The molecule has 0 aliphatic carbocycles. The average Bonchev–Trinajstić information content (AvgIpc) is 3.11. The predicted octanol–water partition coefficient (Wildman–Crippen LogP) is 6.44. The minimum atomic E-state index is -0.133. The van der Waals surface area contributed by atoms with Gasteiger partial charge < -0.3 is 4.74 Å². The maximum atomic E-state index is 12.3. The van der Waals surface area contributed by atoms with Gasteiger partial charge in [-0.1, -0.05) is 35.3 Å². The van der Waals surface area contributed by atoms with Crippen LogP contribution in [0.3, 0.4) is 0 Å². The molecule has 140 valence electrons. The van der Waals surface area contributed by atoms with E-state index in [2.05, 4.69) is 4.98 Å². The van der Waals surface area contributed by atoms with Crippen molar-refractivity contribution >= 4 is 63.0 Å². The molecule has 0 N–H and O–H groups in total. The number of aromatic nitrogens is 1. The van der Waals surface area contributed by atoms with E-state index in [4.69, 9.17) is 27.9 Å². The molecule has 0 spiro atoms. The molecule has 0 atom stereocenters. The van der Waals surface area contributed by atoms with Crippen molar-refractivity contribution < 1.29 is 9.53 Å². The number of halogens is 2. The summed E-state index contributed by atoms with van der Waals surface area (Å²) in [6, 6.07) is 12.7. The first-order valence-electron chi connectivity index (χ1n) is 7.95. The number of thiazole rings is 1. The lowest BCUT2D eigenvalue weighted by atomic mass is 10.2. The lowest BCUT2D eigenvalue weighted by Crippen LogP contribution is -2.23. The van der Waals surface area contributed by atoms with Crippen molar-refractivity contribution in [3.63, 3.8) is 0 Å². The summed E-state index contributed by atoms with van der Waals surface area (Å²) in [6.07, 6.45) is 0. The van der Waals surface area contributed by atoms with Gasteiger partial charge in [0, 0.05) is 28.0 Å². The molecular weight excluding hydrogens is 423 g/mol. The Morgan fingerprint density at radius 3 is 2.78 bits per heavy atom. The van der Waals surface area contributed by atoms with E-state index in [0.29, 0.717) is 32.4 Å². The summed E-state index contributed by atoms with van der Waals surface area (Å²) < 4.78 is 5.39. The number of anilines is 2. The second-order valence-electron chi connectivity index (χ2n) is 5.51. The minimum Gasteiger partial charge on any atom is -0.495 e. The minimum absolute atomic E-state index is 0.133. The van der Waals surface area contributed by atoms with E-state index in [-0.39, 0.29) is 5.91 Å². The fraction of sp³-hybridized carbons (Fsp3) is 0.158. The molecule has 27 heavy (non-hydrogen) atoms. The Labute approximate surface area is 176 Å². The van der Waals surface area contributed by atoms with Gasteiger partial charge in [-0.05, 0) is 30.3 Å². The number of ether oxygens (including phenoxy) is 1. The van der Waals surface area contributed by atoms with Crippen LogP contribution in [0.15, 0.2) is 52.7 Å². The van der Waals surface area contributed by atoms with Gasteiger partial charge in [-0.15, -0.1) is 23.1 Å². The number of amides is 1. The van der Waals surface area contributed by atoms with Crippen LogP contribution in [-0.4, -0.2) is 18.0 Å². The summed E-state index contributed by atoms with van der Waals surface area (Å²) in [5, 5.41) is 3.82. The number of rotatable bonds is 6. The quantitative estimate of drug-likeness (QED) is 0.415. The van der Waals surface area contributed by atoms with Crippen molar-refractivity contribution in [1.29, 1.82) is 0 Å². The maximum Gasteiger partial charge on any atom is 0.230 e. The van der Waals surface area contributed by atoms with E-state index >= 15 is 0 Å². The number of carbonyl (C=O) groups excluding carboxylic acids is 1. The zero-order valence-electron chi connectivity index (χ0n) is 14.6. The van der Waals surface area contributed by atoms with Crippen molar-refractivity contribution in [2.24, 2.45) is 0 Å². The first-order valence-corrected chi connectivity index (χ1v) is 10.6. The van der Waals surface area contributed by atoms with Crippen molar-refractivity contribution in [3.05, 3.63) is 63.6 Å². The summed E-state index contributed by atoms with van der Waals surface area (Å²) in [6.45, 7) is 1.51. The third kappa shape index (κ3) is 4.76. The highest BCUT2D eigenvalue weighted by Crippen LogP contribution is 2.37. The number of carbonyl (C=O) groups is 1. The van der Waals surface area contributed by atoms with Crippen LogP contribution >= 0.6 is 46.3 Å². The van der Waals surface area contributed by atoms with Crippen molar-refractivity contribution in [3.8, 4) is 5.75 Å². The van der Waals surface area contributed by atoms with Gasteiger partial charge in [0.15, 0.2) is 5.13 Å². The summed E-state index contributed by atoms with van der Waals surface area (Å²) in [5.41, 5.74) is 1.52. The molecule has 0 saturated carbocycles. The number of methoxy groups -OCH3 is 1. The van der Waals surface area contributed by atoms with Crippen LogP contribution < -0.4 is 9.64 Å². The Hall–Kier alpha value is -1.73. The van der Waals surface area contributed by atoms with Crippen molar-refractivity contribution in [2.45, 2.75) is 17.6 Å². The fourth-order valence-corrected chi connectivity index (χ4v) is 4.80. The van der Waals surface area contributed by atoms with E-state index < -0.39 is 0 Å². The molecule has 0 bridgehead atoms. The average molecular weight is 439 g/mol. The molecule has 0 aliphatic heterocycles. The standard InChI is InChI=1S/C19H16Cl2N2O2S2/c1-12(24)23(16-5-3-4-6-17(16)25-2)19-22-14(11-27-19)10-26-18-9-13(20)7-8-15(18)21/h3-9,11H,10H2,1-2H3. The van der Waals surface area contributed by atoms with Gasteiger partial charge >= 0.3 is 0 Å². The van der Waals surface area contributed by atoms with Crippen molar-refractivity contribution in [2.75, 3.05) is 12.0 Å². The molecule has 0 fully saturated rings. The van der Waals surface area contributed by atoms with Crippen LogP contribution in [0.5, 0.6) is 5.75 Å². The number of para-hydroxylation sites is 2. The Kier molecular flexibility index (Phi) is 6.65. The van der Waals surface area contributed by atoms with E-state index in [1.165, 1.54) is 18.3 Å². The monoisotopic (exact) mass is 438 g/mol. The topological polar surface area (TPSA) is 42.4 Å².